The van der Waals surface area contributed by atoms with Crippen molar-refractivity contribution < 1.29 is 0 Å². The summed E-state index contributed by atoms with van der Waals surface area (Å²) in [6, 6.07) is 0. The van der Waals surface area contributed by atoms with Gasteiger partial charge in [-0.2, -0.15) is 0 Å². The molecule has 0 fully saturated rings. The van der Waals surface area contributed by atoms with Gasteiger partial charge >= 0.3 is 0 Å². The SMILES string of the molecule is CCNC(=NCc1nnc2n1CCC2)NCCC1=CCCCC1. The van der Waals surface area contributed by atoms with Crippen molar-refractivity contribution in [2.24, 2.45) is 4.99 Å². The zero-order valence-electron chi connectivity index (χ0n) is 14.1. The van der Waals surface area contributed by atoms with Gasteiger partial charge in [0.15, 0.2) is 11.8 Å². The first kappa shape index (κ1) is 16.0. The van der Waals surface area contributed by atoms with Gasteiger partial charge in [0.25, 0.3) is 0 Å². The van der Waals surface area contributed by atoms with Crippen LogP contribution in [-0.4, -0.2) is 33.8 Å². The third-order valence-corrected chi connectivity index (χ3v) is 4.53. The minimum Gasteiger partial charge on any atom is -0.357 e. The van der Waals surface area contributed by atoms with Gasteiger partial charge in [-0.1, -0.05) is 11.6 Å². The number of guanidine groups is 1. The van der Waals surface area contributed by atoms with Crippen LogP contribution in [0.5, 0.6) is 0 Å². The van der Waals surface area contributed by atoms with Gasteiger partial charge < -0.3 is 15.2 Å². The molecule has 0 saturated carbocycles. The normalized spacial score (nSPS) is 17.8. The summed E-state index contributed by atoms with van der Waals surface area (Å²) in [5, 5.41) is 15.3. The summed E-state index contributed by atoms with van der Waals surface area (Å²) in [4.78, 5) is 4.67. The van der Waals surface area contributed by atoms with Crippen LogP contribution in [0, 0.1) is 0 Å². The maximum Gasteiger partial charge on any atom is 0.191 e. The molecule has 126 valence electrons. The van der Waals surface area contributed by atoms with Gasteiger partial charge in [0, 0.05) is 26.1 Å². The Balaban J connectivity index is 1.51. The second kappa shape index (κ2) is 8.13. The average Bonchev–Trinajstić information content (AvgIpc) is 3.17. The van der Waals surface area contributed by atoms with Crippen molar-refractivity contribution in [2.45, 2.75) is 65.0 Å². The van der Waals surface area contributed by atoms with E-state index in [-0.39, 0.29) is 0 Å². The van der Waals surface area contributed by atoms with Gasteiger partial charge in [-0.05, 0) is 45.4 Å². The number of nitrogens with zero attached hydrogens (tertiary/aromatic N) is 4. The molecule has 0 radical (unpaired) electrons. The second-order valence-electron chi connectivity index (χ2n) is 6.27. The number of aryl methyl sites for hydroxylation is 1. The highest BCUT2D eigenvalue weighted by atomic mass is 15.3. The number of fused-ring (bicyclic) bond motifs is 1. The predicted octanol–water partition coefficient (Wildman–Crippen LogP) is 2.17. The molecule has 1 aromatic heterocycles. The minimum atomic E-state index is 0.588. The van der Waals surface area contributed by atoms with Crippen LogP contribution in [0.25, 0.3) is 0 Å². The molecule has 2 N–H and O–H groups in total. The summed E-state index contributed by atoms with van der Waals surface area (Å²) in [5.41, 5.74) is 1.59. The van der Waals surface area contributed by atoms with E-state index in [4.69, 9.17) is 0 Å². The number of aromatic nitrogens is 3. The molecule has 3 rings (SSSR count). The Morgan fingerprint density at radius 1 is 1.22 bits per heavy atom. The number of allylic oxidation sites excluding steroid dienone is 1. The number of aliphatic imine (C=N–C) groups is 1. The summed E-state index contributed by atoms with van der Waals surface area (Å²) in [6.07, 6.45) is 11.0. The van der Waals surface area contributed by atoms with Crippen LogP contribution in [0.1, 0.15) is 57.1 Å². The highest BCUT2D eigenvalue weighted by Crippen LogP contribution is 2.19. The van der Waals surface area contributed by atoms with E-state index in [1.165, 1.54) is 32.1 Å². The Labute approximate surface area is 138 Å². The Kier molecular flexibility index (Phi) is 5.66. The van der Waals surface area contributed by atoms with E-state index in [1.807, 2.05) is 0 Å². The van der Waals surface area contributed by atoms with Crippen molar-refractivity contribution in [3.8, 4) is 0 Å². The predicted molar refractivity (Wildman–Crippen MR) is 92.3 cm³/mol. The lowest BCUT2D eigenvalue weighted by Gasteiger charge is -2.15. The topological polar surface area (TPSA) is 67.1 Å². The summed E-state index contributed by atoms with van der Waals surface area (Å²) < 4.78 is 2.21. The fourth-order valence-electron chi connectivity index (χ4n) is 3.29. The number of rotatable bonds is 6. The molecule has 0 atom stereocenters. The van der Waals surface area contributed by atoms with E-state index in [0.29, 0.717) is 6.54 Å². The van der Waals surface area contributed by atoms with Gasteiger partial charge in [0.05, 0.1) is 0 Å². The van der Waals surface area contributed by atoms with Crippen LogP contribution in [0.4, 0.5) is 0 Å². The summed E-state index contributed by atoms with van der Waals surface area (Å²) in [6.45, 7) is 5.52. The van der Waals surface area contributed by atoms with E-state index in [0.717, 1.165) is 50.1 Å². The molecule has 0 amide bonds. The molecule has 2 aliphatic rings. The average molecular weight is 316 g/mol. The molecule has 0 aromatic carbocycles. The quantitative estimate of drug-likeness (QED) is 0.479. The molecule has 1 aliphatic heterocycles. The fourth-order valence-corrected chi connectivity index (χ4v) is 3.29. The van der Waals surface area contributed by atoms with Crippen LogP contribution in [0.3, 0.4) is 0 Å². The van der Waals surface area contributed by atoms with Crippen molar-refractivity contribution in [1.82, 2.24) is 25.4 Å². The van der Waals surface area contributed by atoms with E-state index in [2.05, 4.69) is 43.4 Å². The van der Waals surface area contributed by atoms with E-state index < -0.39 is 0 Å². The Morgan fingerprint density at radius 2 is 2.17 bits per heavy atom. The maximum atomic E-state index is 4.67. The minimum absolute atomic E-state index is 0.588. The van der Waals surface area contributed by atoms with Gasteiger partial charge in [-0.25, -0.2) is 4.99 Å². The van der Waals surface area contributed by atoms with Crippen LogP contribution in [0.15, 0.2) is 16.6 Å². The van der Waals surface area contributed by atoms with Crippen molar-refractivity contribution in [1.29, 1.82) is 0 Å². The number of hydrogen-bond acceptors (Lipinski definition) is 3. The van der Waals surface area contributed by atoms with Crippen LogP contribution in [0.2, 0.25) is 0 Å². The first-order valence-corrected chi connectivity index (χ1v) is 8.98. The van der Waals surface area contributed by atoms with Crippen molar-refractivity contribution in [3.05, 3.63) is 23.3 Å². The fraction of sp³-hybridized carbons (Fsp3) is 0.706. The van der Waals surface area contributed by atoms with Crippen LogP contribution < -0.4 is 10.6 Å². The van der Waals surface area contributed by atoms with Gasteiger partial charge in [-0.15, -0.1) is 10.2 Å². The first-order valence-electron chi connectivity index (χ1n) is 8.98. The molecule has 1 aromatic rings. The zero-order valence-corrected chi connectivity index (χ0v) is 14.1. The van der Waals surface area contributed by atoms with Crippen LogP contribution in [-0.2, 0) is 19.5 Å². The Bertz CT molecular complexity index is 572. The zero-order chi connectivity index (χ0) is 15.9. The van der Waals surface area contributed by atoms with Crippen molar-refractivity contribution >= 4 is 5.96 Å². The molecule has 1 aliphatic carbocycles. The molecule has 6 nitrogen and oxygen atoms in total. The summed E-state index contributed by atoms with van der Waals surface area (Å²) in [7, 11) is 0. The smallest absolute Gasteiger partial charge is 0.191 e. The first-order chi connectivity index (χ1) is 11.4. The monoisotopic (exact) mass is 316 g/mol. The second-order valence-corrected chi connectivity index (χ2v) is 6.27. The highest BCUT2D eigenvalue weighted by molar-refractivity contribution is 5.79. The molecule has 0 bridgehead atoms. The third kappa shape index (κ3) is 4.33. The van der Waals surface area contributed by atoms with E-state index >= 15 is 0 Å². The molecular weight excluding hydrogens is 288 g/mol. The lowest BCUT2D eigenvalue weighted by molar-refractivity contribution is 0.663. The van der Waals surface area contributed by atoms with Gasteiger partial charge in [-0.3, -0.25) is 0 Å². The maximum absolute atomic E-state index is 4.67. The standard InChI is InChI=1S/C17H28N6/c1-2-18-17(19-11-10-14-7-4-3-5-8-14)20-13-16-22-21-15-9-6-12-23(15)16/h7H,2-6,8-13H2,1H3,(H2,18,19,20). The molecular formula is C17H28N6. The Morgan fingerprint density at radius 3 is 3.00 bits per heavy atom. The van der Waals surface area contributed by atoms with Crippen molar-refractivity contribution in [3.63, 3.8) is 0 Å². The lowest BCUT2D eigenvalue weighted by Crippen LogP contribution is -2.38. The molecule has 2 heterocycles. The van der Waals surface area contributed by atoms with Gasteiger partial charge in [0.1, 0.15) is 12.4 Å². The molecule has 0 saturated heterocycles. The number of nitrogens with one attached hydrogen (secondary N) is 2. The molecule has 23 heavy (non-hydrogen) atoms. The highest BCUT2D eigenvalue weighted by Gasteiger charge is 2.16. The molecule has 0 spiro atoms. The largest absolute Gasteiger partial charge is 0.357 e. The third-order valence-electron chi connectivity index (χ3n) is 4.53. The van der Waals surface area contributed by atoms with Crippen LogP contribution >= 0.6 is 0 Å². The molecule has 0 unspecified atom stereocenters. The summed E-state index contributed by atoms with van der Waals surface area (Å²) in [5.74, 6) is 2.96. The van der Waals surface area contributed by atoms with Crippen molar-refractivity contribution in [2.75, 3.05) is 13.1 Å². The van der Waals surface area contributed by atoms with E-state index in [9.17, 15) is 0 Å². The lowest BCUT2D eigenvalue weighted by atomic mass is 9.97. The Hall–Kier alpha value is -1.85. The van der Waals surface area contributed by atoms with E-state index in [1.54, 1.807) is 5.57 Å². The summed E-state index contributed by atoms with van der Waals surface area (Å²) >= 11 is 0. The van der Waals surface area contributed by atoms with Gasteiger partial charge in [0.2, 0.25) is 0 Å². The molecule has 6 heteroatoms. The number of hydrogen-bond donors (Lipinski definition) is 2.